The third-order valence-electron chi connectivity index (χ3n) is 8.92. The van der Waals surface area contributed by atoms with Gasteiger partial charge in [0.25, 0.3) is 17.7 Å². The minimum absolute atomic E-state index is 0.0333. The van der Waals surface area contributed by atoms with Crippen molar-refractivity contribution >= 4 is 40.9 Å². The van der Waals surface area contributed by atoms with Gasteiger partial charge in [0, 0.05) is 37.1 Å². The molecule has 5 heterocycles. The van der Waals surface area contributed by atoms with Crippen LogP contribution in [0.2, 0.25) is 0 Å². The van der Waals surface area contributed by atoms with Crippen molar-refractivity contribution in [3.8, 4) is 17.9 Å². The minimum atomic E-state index is -4.78. The van der Waals surface area contributed by atoms with Crippen LogP contribution >= 0.6 is 0 Å². The number of ether oxygens (including phenoxy) is 1. The van der Waals surface area contributed by atoms with Crippen LogP contribution in [0.1, 0.15) is 50.2 Å². The van der Waals surface area contributed by atoms with Crippen LogP contribution in [0.4, 0.5) is 24.5 Å². The number of carbonyl (C=O) groups is 5. The van der Waals surface area contributed by atoms with E-state index in [1.54, 1.807) is 24.4 Å². The molecule has 0 spiro atoms. The van der Waals surface area contributed by atoms with E-state index in [-0.39, 0.29) is 48.8 Å². The quantitative estimate of drug-likeness (QED) is 0.305. The van der Waals surface area contributed by atoms with Crippen molar-refractivity contribution in [3.63, 3.8) is 0 Å². The van der Waals surface area contributed by atoms with Crippen LogP contribution in [0.25, 0.3) is 0 Å². The van der Waals surface area contributed by atoms with E-state index in [0.717, 1.165) is 11.0 Å². The Balaban J connectivity index is 0.991. The van der Waals surface area contributed by atoms with E-state index in [1.165, 1.54) is 23.0 Å². The Morgan fingerprint density at radius 1 is 1.06 bits per heavy atom. The number of aromatic nitrogens is 2. The highest BCUT2D eigenvalue weighted by Gasteiger charge is 2.49. The summed E-state index contributed by atoms with van der Waals surface area (Å²) in [7, 11) is 0. The monoisotopic (exact) mass is 671 g/mol. The number of amides is 5. The molecule has 4 aliphatic rings. The first kappa shape index (κ1) is 31.6. The SMILES string of the molecule is N#Cc1ccc(NC(=O)C2(n3cc(C#CC4CN(c5ccc6c(c5)C(=O)N(C5CCC(=O)NC5=O)C6=O)C4)cn3)COC2)cc1C(F)(F)F. The molecule has 4 aliphatic heterocycles. The number of rotatable bonds is 5. The first-order chi connectivity index (χ1) is 23.4. The zero-order valence-electron chi connectivity index (χ0n) is 25.3. The van der Waals surface area contributed by atoms with Gasteiger partial charge in [-0.2, -0.15) is 23.5 Å². The maximum Gasteiger partial charge on any atom is 0.417 e. The van der Waals surface area contributed by atoms with Gasteiger partial charge in [-0.25, -0.2) is 0 Å². The number of nitrogens with one attached hydrogen (secondary N) is 2. The van der Waals surface area contributed by atoms with Crippen LogP contribution < -0.4 is 15.5 Å². The Kier molecular flexibility index (Phi) is 7.48. The van der Waals surface area contributed by atoms with E-state index in [2.05, 4.69) is 27.6 Å². The van der Waals surface area contributed by atoms with Crippen LogP contribution in [-0.2, 0) is 30.8 Å². The van der Waals surface area contributed by atoms with Gasteiger partial charge < -0.3 is 15.0 Å². The zero-order valence-corrected chi connectivity index (χ0v) is 25.3. The second kappa shape index (κ2) is 11.6. The number of anilines is 2. The lowest BCUT2D eigenvalue weighted by molar-refractivity contribution is -0.153. The van der Waals surface area contributed by atoms with Gasteiger partial charge in [-0.3, -0.25) is 38.9 Å². The van der Waals surface area contributed by atoms with Gasteiger partial charge in [0.1, 0.15) is 6.04 Å². The lowest BCUT2D eigenvalue weighted by atomic mass is 9.96. The van der Waals surface area contributed by atoms with Gasteiger partial charge in [-0.1, -0.05) is 11.8 Å². The highest BCUT2D eigenvalue weighted by molar-refractivity contribution is 6.23. The smallest absolute Gasteiger partial charge is 0.375 e. The molecule has 2 N–H and O–H groups in total. The van der Waals surface area contributed by atoms with Crippen molar-refractivity contribution in [1.29, 1.82) is 5.26 Å². The molecule has 2 aromatic carbocycles. The molecule has 13 nitrogen and oxygen atoms in total. The Labute approximate surface area is 275 Å². The van der Waals surface area contributed by atoms with E-state index in [1.807, 2.05) is 4.90 Å². The highest BCUT2D eigenvalue weighted by atomic mass is 19.4. The molecule has 3 aromatic rings. The summed E-state index contributed by atoms with van der Waals surface area (Å²) in [5.74, 6) is 3.22. The molecule has 1 atom stereocenters. The number of nitriles is 1. The Morgan fingerprint density at radius 2 is 1.82 bits per heavy atom. The van der Waals surface area contributed by atoms with Gasteiger partial charge >= 0.3 is 6.18 Å². The molecule has 0 aliphatic carbocycles. The summed E-state index contributed by atoms with van der Waals surface area (Å²) in [4.78, 5) is 66.1. The topological polar surface area (TPSA) is 167 Å². The average Bonchev–Trinajstić information content (AvgIpc) is 3.57. The van der Waals surface area contributed by atoms with Gasteiger partial charge in [0.05, 0.1) is 59.2 Å². The lowest BCUT2D eigenvalue weighted by Gasteiger charge is -2.39. The number of halogens is 3. The summed E-state index contributed by atoms with van der Waals surface area (Å²) in [6.45, 7) is 0.939. The van der Waals surface area contributed by atoms with Crippen molar-refractivity contribution in [2.24, 2.45) is 5.92 Å². The van der Waals surface area contributed by atoms with E-state index >= 15 is 0 Å². The molecule has 0 radical (unpaired) electrons. The van der Waals surface area contributed by atoms with Gasteiger partial charge in [0.15, 0.2) is 5.54 Å². The van der Waals surface area contributed by atoms with Crippen LogP contribution in [-0.4, -0.2) is 76.6 Å². The van der Waals surface area contributed by atoms with Crippen LogP contribution in [0.15, 0.2) is 48.8 Å². The molecule has 3 saturated heterocycles. The number of carbonyl (C=O) groups excluding carboxylic acids is 5. The van der Waals surface area contributed by atoms with Gasteiger partial charge in [-0.05, 0) is 42.8 Å². The molecule has 0 bridgehead atoms. The Morgan fingerprint density at radius 3 is 2.49 bits per heavy atom. The predicted molar refractivity (Wildman–Crippen MR) is 162 cm³/mol. The van der Waals surface area contributed by atoms with Crippen molar-refractivity contribution in [2.75, 3.05) is 36.5 Å². The number of benzene rings is 2. The molecule has 16 heteroatoms. The van der Waals surface area contributed by atoms with E-state index in [4.69, 9.17) is 10.00 Å². The average molecular weight is 672 g/mol. The summed E-state index contributed by atoms with van der Waals surface area (Å²) in [5.41, 5.74) is -1.56. The summed E-state index contributed by atoms with van der Waals surface area (Å²) in [5, 5.41) is 18.0. The standard InChI is InChI=1S/C33H24F3N7O6/c34-33(35,36)25-9-21(4-3-20(25)11-37)39-31(48)32(16-49-17-32)42-15-18(12-38-42)1-2-19-13-41(14-19)22-5-6-23-24(10-22)30(47)43(29(23)46)26-7-8-27(44)40-28(26)45/h3-6,9-10,12,15,19,26H,7-8,13-14,16-17H2,(H,39,48)(H,40,44,45). The predicted octanol–water partition coefficient (Wildman–Crippen LogP) is 2.03. The number of imide groups is 2. The Hall–Kier alpha value is -6.00. The van der Waals surface area contributed by atoms with E-state index in [9.17, 15) is 37.1 Å². The maximum atomic E-state index is 13.4. The van der Waals surface area contributed by atoms with Crippen molar-refractivity contribution in [3.05, 3.63) is 76.6 Å². The number of nitrogens with zero attached hydrogens (tertiary/aromatic N) is 5. The molecule has 1 aromatic heterocycles. The fraction of sp³-hybridized carbons (Fsp3) is 0.303. The summed E-state index contributed by atoms with van der Waals surface area (Å²) in [6.07, 6.45) is -1.65. The van der Waals surface area contributed by atoms with Crippen LogP contribution in [0.3, 0.4) is 0 Å². The normalized spacial score (nSPS) is 20.0. The molecule has 5 amide bonds. The summed E-state index contributed by atoms with van der Waals surface area (Å²) >= 11 is 0. The molecule has 7 rings (SSSR count). The molecule has 1 unspecified atom stereocenters. The highest BCUT2D eigenvalue weighted by Crippen LogP contribution is 2.35. The molecule has 49 heavy (non-hydrogen) atoms. The number of alkyl halides is 3. The second-order valence-corrected chi connectivity index (χ2v) is 12.1. The first-order valence-electron chi connectivity index (χ1n) is 15.1. The molecule has 0 saturated carbocycles. The van der Waals surface area contributed by atoms with E-state index in [0.29, 0.717) is 30.4 Å². The summed E-state index contributed by atoms with van der Waals surface area (Å²) in [6, 6.07) is 8.27. The number of hydrogen-bond donors (Lipinski definition) is 2. The van der Waals surface area contributed by atoms with Crippen molar-refractivity contribution in [2.45, 2.75) is 30.6 Å². The lowest BCUT2D eigenvalue weighted by Crippen LogP contribution is -2.59. The molecular formula is C33H24F3N7O6. The molecular weight excluding hydrogens is 647 g/mol. The fourth-order valence-corrected chi connectivity index (χ4v) is 6.11. The second-order valence-electron chi connectivity index (χ2n) is 12.1. The number of piperidine rings is 1. The number of fused-ring (bicyclic) bond motifs is 1. The van der Waals surface area contributed by atoms with Gasteiger partial charge in [-0.15, -0.1) is 0 Å². The fourth-order valence-electron chi connectivity index (χ4n) is 6.11. The van der Waals surface area contributed by atoms with E-state index < -0.39 is 58.4 Å². The summed E-state index contributed by atoms with van der Waals surface area (Å²) < 4.78 is 46.9. The maximum absolute atomic E-state index is 13.4. The van der Waals surface area contributed by atoms with Crippen molar-refractivity contribution < 1.29 is 41.9 Å². The minimum Gasteiger partial charge on any atom is -0.375 e. The number of hydrogen-bond acceptors (Lipinski definition) is 9. The largest absolute Gasteiger partial charge is 0.417 e. The zero-order chi connectivity index (χ0) is 34.7. The third kappa shape index (κ3) is 5.45. The third-order valence-corrected chi connectivity index (χ3v) is 8.92. The van der Waals surface area contributed by atoms with Crippen LogP contribution in [0.5, 0.6) is 0 Å². The van der Waals surface area contributed by atoms with Gasteiger partial charge in [0.2, 0.25) is 11.8 Å². The molecule has 248 valence electrons. The first-order valence-corrected chi connectivity index (χ1v) is 15.1. The molecule has 3 fully saturated rings. The van der Waals surface area contributed by atoms with Crippen LogP contribution in [0, 0.1) is 29.1 Å². The van der Waals surface area contributed by atoms with Crippen molar-refractivity contribution in [1.82, 2.24) is 20.0 Å². The Bertz CT molecular complexity index is 2060.